The first kappa shape index (κ1) is 14.7. The minimum atomic E-state index is -0.0626. The highest BCUT2D eigenvalue weighted by Gasteiger charge is 2.16. The zero-order valence-corrected chi connectivity index (χ0v) is 13.7. The molecular weight excluding hydrogens is 305 g/mol. The Bertz CT molecular complexity index is 748. The van der Waals surface area contributed by atoms with Crippen LogP contribution in [0.2, 0.25) is 10.0 Å². The van der Waals surface area contributed by atoms with Crippen LogP contribution in [0, 0.1) is 0 Å². The van der Waals surface area contributed by atoms with Crippen LogP contribution in [-0.2, 0) is 4.74 Å². The molecule has 21 heavy (non-hydrogen) atoms. The highest BCUT2D eigenvalue weighted by Crippen LogP contribution is 2.35. The van der Waals surface area contributed by atoms with Gasteiger partial charge in [0, 0.05) is 20.8 Å². The molecule has 0 aliphatic carbocycles. The van der Waals surface area contributed by atoms with Crippen molar-refractivity contribution in [3.63, 3.8) is 0 Å². The predicted molar refractivity (Wildman–Crippen MR) is 90.4 cm³/mol. The molecule has 0 amide bonds. The highest BCUT2D eigenvalue weighted by atomic mass is 35.5. The van der Waals surface area contributed by atoms with E-state index < -0.39 is 0 Å². The summed E-state index contributed by atoms with van der Waals surface area (Å²) in [7, 11) is 0. The second-order valence-corrected chi connectivity index (χ2v) is 6.35. The molecule has 0 spiro atoms. The molecule has 0 radical (unpaired) electrons. The fourth-order valence-electron chi connectivity index (χ4n) is 2.84. The van der Waals surface area contributed by atoms with E-state index in [0.29, 0.717) is 0 Å². The number of hydrogen-bond acceptors (Lipinski definition) is 1. The van der Waals surface area contributed by atoms with Gasteiger partial charge >= 0.3 is 0 Å². The normalized spacial score (nSPS) is 13.4. The molecule has 1 aromatic heterocycles. The van der Waals surface area contributed by atoms with Gasteiger partial charge in [-0.05, 0) is 57.2 Å². The van der Waals surface area contributed by atoms with E-state index in [9.17, 15) is 0 Å². The number of nitrogens with zero attached hydrogens (tertiary/aromatic N) is 1. The molecule has 1 heterocycles. The third-order valence-corrected chi connectivity index (χ3v) is 4.03. The summed E-state index contributed by atoms with van der Waals surface area (Å²) >= 11 is 12.3. The van der Waals surface area contributed by atoms with Gasteiger partial charge in [0.1, 0.15) is 6.23 Å². The molecule has 3 aromatic rings. The third-order valence-electron chi connectivity index (χ3n) is 3.56. The number of ether oxygens (including phenoxy) is 1. The minimum Gasteiger partial charge on any atom is -0.356 e. The Hall–Kier alpha value is -1.22. The maximum atomic E-state index is 6.16. The summed E-state index contributed by atoms with van der Waals surface area (Å²) in [5, 5.41) is 3.64. The number of halogens is 2. The molecule has 0 saturated heterocycles. The summed E-state index contributed by atoms with van der Waals surface area (Å²) in [6.45, 7) is 6.14. The summed E-state index contributed by atoms with van der Waals surface area (Å²) in [5.74, 6) is 0. The lowest BCUT2D eigenvalue weighted by Crippen LogP contribution is -2.13. The number of fused-ring (bicyclic) bond motifs is 3. The Kier molecular flexibility index (Phi) is 3.87. The van der Waals surface area contributed by atoms with Crippen LogP contribution >= 0.6 is 23.2 Å². The number of aromatic nitrogens is 1. The monoisotopic (exact) mass is 321 g/mol. The average molecular weight is 322 g/mol. The zero-order chi connectivity index (χ0) is 15.1. The van der Waals surface area contributed by atoms with Gasteiger partial charge < -0.3 is 9.30 Å². The summed E-state index contributed by atoms with van der Waals surface area (Å²) in [5.41, 5.74) is 2.20. The van der Waals surface area contributed by atoms with E-state index in [2.05, 4.69) is 11.5 Å². The van der Waals surface area contributed by atoms with Crippen LogP contribution in [0.4, 0.5) is 0 Å². The van der Waals surface area contributed by atoms with Crippen molar-refractivity contribution in [1.82, 2.24) is 4.57 Å². The van der Waals surface area contributed by atoms with Crippen LogP contribution in [0.15, 0.2) is 36.4 Å². The summed E-state index contributed by atoms with van der Waals surface area (Å²) < 4.78 is 8.16. The van der Waals surface area contributed by atoms with Gasteiger partial charge in [0.15, 0.2) is 0 Å². The molecule has 1 atom stereocenters. The molecule has 0 N–H and O–H groups in total. The van der Waals surface area contributed by atoms with Gasteiger partial charge in [-0.25, -0.2) is 0 Å². The summed E-state index contributed by atoms with van der Waals surface area (Å²) in [6.07, 6.45) is 0.0967. The van der Waals surface area contributed by atoms with E-state index in [1.54, 1.807) is 0 Å². The summed E-state index contributed by atoms with van der Waals surface area (Å²) in [4.78, 5) is 0. The molecule has 0 aliphatic rings. The third kappa shape index (κ3) is 2.64. The molecule has 2 nitrogen and oxygen atoms in total. The van der Waals surface area contributed by atoms with E-state index in [1.165, 1.54) is 0 Å². The van der Waals surface area contributed by atoms with Crippen molar-refractivity contribution in [3.05, 3.63) is 46.4 Å². The Morgan fingerprint density at radius 3 is 1.76 bits per heavy atom. The van der Waals surface area contributed by atoms with Crippen molar-refractivity contribution in [2.75, 3.05) is 0 Å². The van der Waals surface area contributed by atoms with Crippen molar-refractivity contribution < 1.29 is 4.74 Å². The molecule has 2 aromatic carbocycles. The smallest absolute Gasteiger partial charge is 0.132 e. The van der Waals surface area contributed by atoms with Gasteiger partial charge in [0.2, 0.25) is 0 Å². The Labute approximate surface area is 134 Å². The van der Waals surface area contributed by atoms with Gasteiger partial charge in [-0.15, -0.1) is 0 Å². The van der Waals surface area contributed by atoms with Gasteiger partial charge in [-0.3, -0.25) is 0 Å². The molecule has 110 valence electrons. The lowest BCUT2D eigenvalue weighted by atomic mass is 10.1. The molecular formula is C17H17Cl2NO. The molecule has 0 unspecified atom stereocenters. The van der Waals surface area contributed by atoms with Gasteiger partial charge in [0.05, 0.1) is 17.1 Å². The molecule has 0 bridgehead atoms. The Balaban J connectivity index is 2.34. The standard InChI is InChI=1S/C17H17Cl2NO/c1-10(2)21-11(3)20-16-6-4-12(18)8-14(16)15-9-13(19)5-7-17(15)20/h4-11H,1-3H3/t11-/m0/s1. The SMILES string of the molecule is CC(C)O[C@@H](C)n1c2ccc(Cl)cc2c2cc(Cl)ccc21. The highest BCUT2D eigenvalue weighted by molar-refractivity contribution is 6.33. The lowest BCUT2D eigenvalue weighted by molar-refractivity contribution is -0.0200. The zero-order valence-electron chi connectivity index (χ0n) is 12.2. The first-order valence-electron chi connectivity index (χ1n) is 7.01. The first-order valence-corrected chi connectivity index (χ1v) is 7.77. The Morgan fingerprint density at radius 2 is 1.33 bits per heavy atom. The first-order chi connectivity index (χ1) is 9.97. The van der Waals surface area contributed by atoms with Crippen LogP contribution in [0.5, 0.6) is 0 Å². The fraction of sp³-hybridized carbons (Fsp3) is 0.294. The number of rotatable bonds is 3. The fourth-order valence-corrected chi connectivity index (χ4v) is 3.19. The van der Waals surface area contributed by atoms with Gasteiger partial charge in [-0.2, -0.15) is 0 Å². The van der Waals surface area contributed by atoms with Crippen LogP contribution in [-0.4, -0.2) is 10.7 Å². The topological polar surface area (TPSA) is 14.2 Å². The van der Waals surface area contributed by atoms with Crippen molar-refractivity contribution in [3.8, 4) is 0 Å². The largest absolute Gasteiger partial charge is 0.356 e. The minimum absolute atomic E-state index is 0.0626. The van der Waals surface area contributed by atoms with E-state index in [1.807, 2.05) is 50.2 Å². The second kappa shape index (κ2) is 5.53. The quantitative estimate of drug-likeness (QED) is 0.573. The van der Waals surface area contributed by atoms with Gasteiger partial charge in [-0.1, -0.05) is 23.2 Å². The number of benzene rings is 2. The lowest BCUT2D eigenvalue weighted by Gasteiger charge is -2.20. The van der Waals surface area contributed by atoms with Crippen molar-refractivity contribution >= 4 is 45.0 Å². The maximum absolute atomic E-state index is 6.16. The maximum Gasteiger partial charge on any atom is 0.132 e. The van der Waals surface area contributed by atoms with E-state index in [4.69, 9.17) is 27.9 Å². The molecule has 3 rings (SSSR count). The molecule has 0 aliphatic heterocycles. The van der Waals surface area contributed by atoms with E-state index in [0.717, 1.165) is 31.9 Å². The van der Waals surface area contributed by atoms with Crippen molar-refractivity contribution in [2.24, 2.45) is 0 Å². The summed E-state index contributed by atoms with van der Waals surface area (Å²) in [6, 6.07) is 11.8. The molecule has 0 saturated carbocycles. The van der Waals surface area contributed by atoms with Crippen LogP contribution in [0.25, 0.3) is 21.8 Å². The van der Waals surface area contributed by atoms with Gasteiger partial charge in [0.25, 0.3) is 0 Å². The van der Waals surface area contributed by atoms with E-state index in [-0.39, 0.29) is 12.3 Å². The molecule has 4 heteroatoms. The second-order valence-electron chi connectivity index (χ2n) is 5.48. The van der Waals surface area contributed by atoms with Crippen LogP contribution in [0.3, 0.4) is 0 Å². The predicted octanol–water partition coefficient (Wildman–Crippen LogP) is 6.04. The van der Waals surface area contributed by atoms with E-state index >= 15 is 0 Å². The number of hydrogen-bond donors (Lipinski definition) is 0. The van der Waals surface area contributed by atoms with Crippen LogP contribution in [0.1, 0.15) is 27.0 Å². The average Bonchev–Trinajstić information content (AvgIpc) is 2.71. The Morgan fingerprint density at radius 1 is 0.857 bits per heavy atom. The van der Waals surface area contributed by atoms with Crippen molar-refractivity contribution in [2.45, 2.75) is 33.1 Å². The van der Waals surface area contributed by atoms with Crippen LogP contribution < -0.4 is 0 Å². The van der Waals surface area contributed by atoms with Crippen molar-refractivity contribution in [1.29, 1.82) is 0 Å². The molecule has 0 fully saturated rings.